The number of benzene rings is 2. The van der Waals surface area contributed by atoms with Gasteiger partial charge in [-0.15, -0.1) is 11.8 Å². The van der Waals surface area contributed by atoms with Crippen LogP contribution in [0.2, 0.25) is 10.0 Å². The van der Waals surface area contributed by atoms with Crippen molar-refractivity contribution >= 4 is 52.6 Å². The number of rotatable bonds is 2. The van der Waals surface area contributed by atoms with Crippen molar-refractivity contribution < 1.29 is 14.0 Å². The summed E-state index contributed by atoms with van der Waals surface area (Å²) in [4.78, 5) is 29.0. The largest absolute Gasteiger partial charge is 0.324 e. The molecule has 0 atom stereocenters. The number of thioether (sulfide) groups is 1. The van der Waals surface area contributed by atoms with Crippen LogP contribution in [0.3, 0.4) is 0 Å². The highest BCUT2D eigenvalue weighted by Gasteiger charge is 2.47. The Morgan fingerprint density at radius 2 is 1.80 bits per heavy atom. The first-order valence-electron chi connectivity index (χ1n) is 9.60. The van der Waals surface area contributed by atoms with E-state index in [0.29, 0.717) is 53.8 Å². The summed E-state index contributed by atoms with van der Waals surface area (Å²) >= 11 is 13.8. The van der Waals surface area contributed by atoms with E-state index in [1.54, 1.807) is 47.0 Å². The van der Waals surface area contributed by atoms with Gasteiger partial charge in [-0.1, -0.05) is 29.3 Å². The number of hydrogen-bond donors (Lipinski definition) is 1. The van der Waals surface area contributed by atoms with Crippen LogP contribution in [0.4, 0.5) is 14.9 Å². The van der Waals surface area contributed by atoms with Crippen LogP contribution >= 0.6 is 35.0 Å². The van der Waals surface area contributed by atoms with E-state index in [1.807, 2.05) is 4.90 Å². The van der Waals surface area contributed by atoms with Crippen molar-refractivity contribution in [1.29, 1.82) is 0 Å². The summed E-state index contributed by atoms with van der Waals surface area (Å²) in [6.45, 7) is 1.68. The summed E-state index contributed by atoms with van der Waals surface area (Å²) in [6.07, 6.45) is 1.34. The Kier molecular flexibility index (Phi) is 6.14. The number of carbonyl (C=O) groups excluding carboxylic acids is 2. The molecule has 5 nitrogen and oxygen atoms in total. The number of hydrogen-bond acceptors (Lipinski definition) is 3. The van der Waals surface area contributed by atoms with Crippen LogP contribution in [0.15, 0.2) is 42.5 Å². The minimum Gasteiger partial charge on any atom is -0.324 e. The smallest absolute Gasteiger partial charge is 0.321 e. The molecule has 0 aliphatic carbocycles. The van der Waals surface area contributed by atoms with Crippen molar-refractivity contribution in [3.63, 3.8) is 0 Å². The Balaban J connectivity index is 1.42. The predicted octanol–water partition coefficient (Wildman–Crippen LogP) is 5.35. The molecule has 4 rings (SSSR count). The summed E-state index contributed by atoms with van der Waals surface area (Å²) in [5, 5.41) is 3.50. The number of nitrogens with one attached hydrogen (secondary N) is 1. The number of likely N-dealkylation sites (tertiary alicyclic amines) is 1. The minimum atomic E-state index is -0.399. The van der Waals surface area contributed by atoms with Crippen LogP contribution < -0.4 is 5.32 Å². The molecular formula is C21H20Cl2FN3O2S. The number of halogens is 3. The average molecular weight is 468 g/mol. The molecule has 2 saturated heterocycles. The summed E-state index contributed by atoms with van der Waals surface area (Å²) in [7, 11) is 0. The summed E-state index contributed by atoms with van der Waals surface area (Å²) in [5.41, 5.74) is 0.935. The number of anilines is 1. The molecule has 2 heterocycles. The van der Waals surface area contributed by atoms with E-state index >= 15 is 0 Å². The zero-order valence-electron chi connectivity index (χ0n) is 16.0. The predicted molar refractivity (Wildman–Crippen MR) is 119 cm³/mol. The molecule has 1 N–H and O–H groups in total. The van der Waals surface area contributed by atoms with Crippen molar-refractivity contribution in [3.8, 4) is 0 Å². The normalized spacial score (nSPS) is 18.0. The Labute approximate surface area is 188 Å². The van der Waals surface area contributed by atoms with E-state index in [9.17, 15) is 14.0 Å². The maximum Gasteiger partial charge on any atom is 0.321 e. The molecule has 2 aliphatic heterocycles. The van der Waals surface area contributed by atoms with Crippen molar-refractivity contribution in [2.75, 3.05) is 30.7 Å². The zero-order chi connectivity index (χ0) is 21.3. The van der Waals surface area contributed by atoms with E-state index in [1.165, 1.54) is 12.1 Å². The standard InChI is InChI=1S/C21H20Cl2FN3O2S/c22-17-5-4-14(12-18(17)23)19(28)27-10-11-30-21(27)6-8-26(9-7-21)20(29)25-16-3-1-2-15(24)13-16/h1-5,12-13H,6-11H2,(H,25,29). The third-order valence-corrected chi connectivity index (χ3v) is 7.79. The first-order chi connectivity index (χ1) is 14.4. The molecule has 2 fully saturated rings. The number of piperidine rings is 1. The van der Waals surface area contributed by atoms with Gasteiger partial charge in [0, 0.05) is 36.6 Å². The second-order valence-electron chi connectivity index (χ2n) is 7.31. The van der Waals surface area contributed by atoms with E-state index in [-0.39, 0.29) is 16.8 Å². The van der Waals surface area contributed by atoms with Gasteiger partial charge in [0.05, 0.1) is 14.9 Å². The molecule has 0 bridgehead atoms. The van der Waals surface area contributed by atoms with Gasteiger partial charge in [-0.2, -0.15) is 0 Å². The summed E-state index contributed by atoms with van der Waals surface area (Å²) in [5.74, 6) is 0.378. The van der Waals surface area contributed by atoms with Gasteiger partial charge in [0.1, 0.15) is 5.82 Å². The van der Waals surface area contributed by atoms with Crippen LogP contribution in [0.25, 0.3) is 0 Å². The second-order valence-corrected chi connectivity index (χ2v) is 9.58. The van der Waals surface area contributed by atoms with Gasteiger partial charge in [-0.05, 0) is 49.2 Å². The topological polar surface area (TPSA) is 52.7 Å². The molecule has 1 spiro atoms. The summed E-state index contributed by atoms with van der Waals surface area (Å²) < 4.78 is 13.3. The van der Waals surface area contributed by atoms with Crippen LogP contribution in [0, 0.1) is 5.82 Å². The van der Waals surface area contributed by atoms with Gasteiger partial charge in [0.15, 0.2) is 0 Å². The van der Waals surface area contributed by atoms with Gasteiger partial charge >= 0.3 is 6.03 Å². The number of nitrogens with zero attached hydrogens (tertiary/aromatic N) is 2. The van der Waals surface area contributed by atoms with Crippen molar-refractivity contribution in [3.05, 3.63) is 63.9 Å². The SMILES string of the molecule is O=C(Nc1cccc(F)c1)N1CCC2(CC1)SCCN2C(=O)c1ccc(Cl)c(Cl)c1. The van der Waals surface area contributed by atoms with E-state index < -0.39 is 5.82 Å². The van der Waals surface area contributed by atoms with Crippen LogP contribution in [0.1, 0.15) is 23.2 Å². The highest BCUT2D eigenvalue weighted by molar-refractivity contribution is 8.00. The Hall–Kier alpha value is -1.96. The van der Waals surface area contributed by atoms with Crippen LogP contribution in [0.5, 0.6) is 0 Å². The maximum atomic E-state index is 13.3. The molecule has 2 aliphatic rings. The fourth-order valence-electron chi connectivity index (χ4n) is 3.92. The van der Waals surface area contributed by atoms with Crippen molar-refractivity contribution in [1.82, 2.24) is 9.80 Å². The average Bonchev–Trinajstić information content (AvgIpc) is 3.13. The first-order valence-corrected chi connectivity index (χ1v) is 11.3. The van der Waals surface area contributed by atoms with Gasteiger partial charge in [0.2, 0.25) is 0 Å². The monoisotopic (exact) mass is 467 g/mol. The molecule has 2 aromatic rings. The second kappa shape index (κ2) is 8.65. The van der Waals surface area contributed by atoms with E-state index in [4.69, 9.17) is 23.2 Å². The van der Waals surface area contributed by atoms with Crippen molar-refractivity contribution in [2.45, 2.75) is 17.7 Å². The Bertz CT molecular complexity index is 982. The Morgan fingerprint density at radius 3 is 2.50 bits per heavy atom. The number of urea groups is 1. The number of carbonyl (C=O) groups is 2. The fraction of sp³-hybridized carbons (Fsp3) is 0.333. The lowest BCUT2D eigenvalue weighted by atomic mass is 10.0. The zero-order valence-corrected chi connectivity index (χ0v) is 18.4. The van der Waals surface area contributed by atoms with Crippen LogP contribution in [-0.4, -0.2) is 52.0 Å². The summed E-state index contributed by atoms with van der Waals surface area (Å²) in [6, 6.07) is 10.5. The molecular weight excluding hydrogens is 448 g/mol. The minimum absolute atomic E-state index is 0.0729. The van der Waals surface area contributed by atoms with Crippen molar-refractivity contribution in [2.24, 2.45) is 0 Å². The first kappa shape index (κ1) is 21.3. The third kappa shape index (κ3) is 4.24. The van der Waals surface area contributed by atoms with Gasteiger partial charge in [0.25, 0.3) is 5.91 Å². The van der Waals surface area contributed by atoms with Crippen LogP contribution in [-0.2, 0) is 0 Å². The third-order valence-electron chi connectivity index (χ3n) is 5.50. The van der Waals surface area contributed by atoms with Gasteiger partial charge in [-0.3, -0.25) is 4.79 Å². The van der Waals surface area contributed by atoms with Gasteiger partial charge < -0.3 is 15.1 Å². The maximum absolute atomic E-state index is 13.3. The number of amides is 3. The molecule has 0 radical (unpaired) electrons. The molecule has 0 saturated carbocycles. The molecule has 0 unspecified atom stereocenters. The van der Waals surface area contributed by atoms with E-state index in [0.717, 1.165) is 5.75 Å². The molecule has 158 valence electrons. The van der Waals surface area contributed by atoms with Gasteiger partial charge in [-0.25, -0.2) is 9.18 Å². The highest BCUT2D eigenvalue weighted by Crippen LogP contribution is 2.44. The lowest BCUT2D eigenvalue weighted by Gasteiger charge is -2.44. The molecule has 9 heteroatoms. The Morgan fingerprint density at radius 1 is 1.03 bits per heavy atom. The highest BCUT2D eigenvalue weighted by atomic mass is 35.5. The molecule has 30 heavy (non-hydrogen) atoms. The lowest BCUT2D eigenvalue weighted by molar-refractivity contribution is 0.0585. The molecule has 2 aromatic carbocycles. The molecule has 0 aromatic heterocycles. The fourth-order valence-corrected chi connectivity index (χ4v) is 5.68. The quantitative estimate of drug-likeness (QED) is 0.647. The molecule has 3 amide bonds. The van der Waals surface area contributed by atoms with E-state index in [2.05, 4.69) is 5.32 Å². The lowest BCUT2D eigenvalue weighted by Crippen LogP contribution is -2.54.